The molecule has 3 nitrogen and oxygen atoms in total. The van der Waals surface area contributed by atoms with Crippen molar-refractivity contribution < 1.29 is 9.47 Å². The summed E-state index contributed by atoms with van der Waals surface area (Å²) in [6.07, 6.45) is 2.30. The van der Waals surface area contributed by atoms with E-state index in [9.17, 15) is 0 Å². The number of benzene rings is 1. The van der Waals surface area contributed by atoms with E-state index in [1.807, 2.05) is 0 Å². The lowest BCUT2D eigenvalue weighted by atomic mass is 10.1. The van der Waals surface area contributed by atoms with Crippen LogP contribution in [0.15, 0.2) is 24.3 Å². The fraction of sp³-hybridized carbons (Fsp3) is 0.538. The maximum absolute atomic E-state index is 5.49. The van der Waals surface area contributed by atoms with E-state index in [-0.39, 0.29) is 6.10 Å². The fourth-order valence-electron chi connectivity index (χ4n) is 1.89. The Morgan fingerprint density at radius 1 is 1.38 bits per heavy atom. The van der Waals surface area contributed by atoms with Gasteiger partial charge in [-0.15, -0.1) is 0 Å². The monoisotopic (exact) mass is 221 g/mol. The van der Waals surface area contributed by atoms with Crippen LogP contribution in [0, 0.1) is 0 Å². The Kier molecular flexibility index (Phi) is 4.19. The number of ether oxygens (including phenoxy) is 2. The van der Waals surface area contributed by atoms with Gasteiger partial charge in [-0.3, -0.25) is 0 Å². The number of nitrogens with one attached hydrogen (secondary N) is 1. The standard InChI is InChI=1S/C13H19NO2/c1-2-11-5-3-4-6-13(11)14-9-12-7-8-15-10-16-12/h3-6,12,14H,2,7-10H2,1H3. The summed E-state index contributed by atoms with van der Waals surface area (Å²) in [5.74, 6) is 0. The molecular weight excluding hydrogens is 202 g/mol. The lowest BCUT2D eigenvalue weighted by Gasteiger charge is -2.23. The van der Waals surface area contributed by atoms with Crippen molar-refractivity contribution in [2.45, 2.75) is 25.9 Å². The van der Waals surface area contributed by atoms with Crippen molar-refractivity contribution in [2.24, 2.45) is 0 Å². The van der Waals surface area contributed by atoms with Gasteiger partial charge in [0.2, 0.25) is 0 Å². The molecule has 16 heavy (non-hydrogen) atoms. The number of hydrogen-bond donors (Lipinski definition) is 1. The molecule has 1 aromatic carbocycles. The summed E-state index contributed by atoms with van der Waals surface area (Å²) in [5, 5.41) is 3.45. The summed E-state index contributed by atoms with van der Waals surface area (Å²) in [6, 6.07) is 8.42. The quantitative estimate of drug-likeness (QED) is 0.847. The van der Waals surface area contributed by atoms with Crippen molar-refractivity contribution in [3.05, 3.63) is 29.8 Å². The molecule has 1 aromatic rings. The Hall–Kier alpha value is -1.06. The summed E-state index contributed by atoms with van der Waals surface area (Å²) in [4.78, 5) is 0. The summed E-state index contributed by atoms with van der Waals surface area (Å²) in [5.41, 5.74) is 2.58. The van der Waals surface area contributed by atoms with Crippen molar-refractivity contribution in [1.29, 1.82) is 0 Å². The zero-order valence-corrected chi connectivity index (χ0v) is 9.74. The van der Waals surface area contributed by atoms with Crippen LogP contribution in [0.5, 0.6) is 0 Å². The highest BCUT2D eigenvalue weighted by Crippen LogP contribution is 2.16. The highest BCUT2D eigenvalue weighted by atomic mass is 16.7. The number of para-hydroxylation sites is 1. The van der Waals surface area contributed by atoms with Gasteiger partial charge < -0.3 is 14.8 Å². The topological polar surface area (TPSA) is 30.5 Å². The van der Waals surface area contributed by atoms with Crippen LogP contribution in [0.3, 0.4) is 0 Å². The molecule has 3 heteroatoms. The second-order valence-electron chi connectivity index (χ2n) is 4.00. The molecule has 1 aliphatic rings. The SMILES string of the molecule is CCc1ccccc1NCC1CCOCO1. The van der Waals surface area contributed by atoms with E-state index < -0.39 is 0 Å². The molecule has 88 valence electrons. The normalized spacial score (nSPS) is 20.7. The lowest BCUT2D eigenvalue weighted by Crippen LogP contribution is -2.30. The van der Waals surface area contributed by atoms with E-state index in [0.29, 0.717) is 6.79 Å². The Balaban J connectivity index is 1.88. The molecule has 0 radical (unpaired) electrons. The van der Waals surface area contributed by atoms with Crippen molar-refractivity contribution >= 4 is 5.69 Å². The Morgan fingerprint density at radius 3 is 3.00 bits per heavy atom. The van der Waals surface area contributed by atoms with Gasteiger partial charge in [-0.05, 0) is 24.5 Å². The van der Waals surface area contributed by atoms with Gasteiger partial charge in [-0.2, -0.15) is 0 Å². The molecule has 0 amide bonds. The highest BCUT2D eigenvalue weighted by molar-refractivity contribution is 5.51. The average Bonchev–Trinajstić information content (AvgIpc) is 2.38. The molecule has 1 unspecified atom stereocenters. The van der Waals surface area contributed by atoms with Crippen molar-refractivity contribution in [3.8, 4) is 0 Å². The van der Waals surface area contributed by atoms with Gasteiger partial charge in [0.15, 0.2) is 0 Å². The van der Waals surface area contributed by atoms with Gasteiger partial charge >= 0.3 is 0 Å². The Morgan fingerprint density at radius 2 is 2.25 bits per heavy atom. The van der Waals surface area contributed by atoms with Crippen LogP contribution in [0.25, 0.3) is 0 Å². The van der Waals surface area contributed by atoms with Gasteiger partial charge in [0.25, 0.3) is 0 Å². The fourth-order valence-corrected chi connectivity index (χ4v) is 1.89. The van der Waals surface area contributed by atoms with Crippen molar-refractivity contribution in [1.82, 2.24) is 0 Å². The molecule has 1 heterocycles. The predicted molar refractivity (Wildman–Crippen MR) is 64.6 cm³/mol. The molecule has 0 aromatic heterocycles. The number of rotatable bonds is 4. The molecule has 0 saturated carbocycles. The largest absolute Gasteiger partial charge is 0.382 e. The molecule has 2 rings (SSSR count). The molecular formula is C13H19NO2. The minimum Gasteiger partial charge on any atom is -0.382 e. The Bertz CT molecular complexity index is 321. The van der Waals surface area contributed by atoms with Crippen LogP contribution >= 0.6 is 0 Å². The second kappa shape index (κ2) is 5.87. The highest BCUT2D eigenvalue weighted by Gasteiger charge is 2.13. The molecule has 1 saturated heterocycles. The van der Waals surface area contributed by atoms with E-state index in [2.05, 4.69) is 36.5 Å². The Labute approximate surface area is 96.8 Å². The molecule has 1 atom stereocenters. The first-order valence-electron chi connectivity index (χ1n) is 5.91. The zero-order valence-electron chi connectivity index (χ0n) is 9.74. The van der Waals surface area contributed by atoms with Crippen LogP contribution in [0.1, 0.15) is 18.9 Å². The van der Waals surface area contributed by atoms with Gasteiger partial charge in [0.05, 0.1) is 12.7 Å². The summed E-state index contributed by atoms with van der Waals surface area (Å²) < 4.78 is 10.6. The number of aryl methyl sites for hydroxylation is 1. The molecule has 0 bridgehead atoms. The molecule has 0 aliphatic carbocycles. The first-order valence-corrected chi connectivity index (χ1v) is 5.91. The van der Waals surface area contributed by atoms with Crippen LogP contribution in [0.4, 0.5) is 5.69 Å². The third kappa shape index (κ3) is 2.97. The smallest absolute Gasteiger partial charge is 0.147 e. The van der Waals surface area contributed by atoms with Crippen LogP contribution in [0.2, 0.25) is 0 Å². The maximum Gasteiger partial charge on any atom is 0.147 e. The van der Waals surface area contributed by atoms with Crippen LogP contribution in [-0.2, 0) is 15.9 Å². The first kappa shape index (κ1) is 11.4. The van der Waals surface area contributed by atoms with Crippen molar-refractivity contribution in [3.63, 3.8) is 0 Å². The minimum atomic E-state index is 0.277. The molecule has 0 spiro atoms. The van der Waals surface area contributed by atoms with E-state index in [0.717, 1.165) is 26.0 Å². The molecule has 1 aliphatic heterocycles. The first-order chi connectivity index (χ1) is 7.90. The van der Waals surface area contributed by atoms with Crippen molar-refractivity contribution in [2.75, 3.05) is 25.3 Å². The maximum atomic E-state index is 5.49. The summed E-state index contributed by atoms with van der Waals surface area (Å²) in [6.45, 7) is 4.27. The number of anilines is 1. The molecule has 1 fully saturated rings. The summed E-state index contributed by atoms with van der Waals surface area (Å²) >= 11 is 0. The number of hydrogen-bond acceptors (Lipinski definition) is 3. The third-order valence-electron chi connectivity index (χ3n) is 2.89. The predicted octanol–water partition coefficient (Wildman–Crippen LogP) is 2.42. The van der Waals surface area contributed by atoms with E-state index in [1.54, 1.807) is 0 Å². The zero-order chi connectivity index (χ0) is 11.2. The second-order valence-corrected chi connectivity index (χ2v) is 4.00. The van der Waals surface area contributed by atoms with Gasteiger partial charge in [0, 0.05) is 12.2 Å². The van der Waals surface area contributed by atoms with E-state index in [1.165, 1.54) is 11.3 Å². The van der Waals surface area contributed by atoms with Gasteiger partial charge in [-0.25, -0.2) is 0 Å². The molecule has 1 N–H and O–H groups in total. The van der Waals surface area contributed by atoms with E-state index in [4.69, 9.17) is 9.47 Å². The summed E-state index contributed by atoms with van der Waals surface area (Å²) in [7, 11) is 0. The van der Waals surface area contributed by atoms with Gasteiger partial charge in [-0.1, -0.05) is 25.1 Å². The van der Waals surface area contributed by atoms with Crippen LogP contribution in [-0.4, -0.2) is 26.0 Å². The van der Waals surface area contributed by atoms with Gasteiger partial charge in [0.1, 0.15) is 6.79 Å². The average molecular weight is 221 g/mol. The lowest BCUT2D eigenvalue weighted by molar-refractivity contribution is -0.133. The minimum absolute atomic E-state index is 0.277. The third-order valence-corrected chi connectivity index (χ3v) is 2.89. The van der Waals surface area contributed by atoms with E-state index >= 15 is 0 Å². The van der Waals surface area contributed by atoms with Crippen LogP contribution < -0.4 is 5.32 Å².